The van der Waals surface area contributed by atoms with E-state index in [0.717, 1.165) is 31.6 Å². The Balaban J connectivity index is 1.80. The second-order valence-corrected chi connectivity index (χ2v) is 8.59. The molecule has 1 fully saturated rings. The van der Waals surface area contributed by atoms with Gasteiger partial charge in [-0.3, -0.25) is 14.6 Å². The highest BCUT2D eigenvalue weighted by molar-refractivity contribution is 6.46. The zero-order valence-corrected chi connectivity index (χ0v) is 20.2. The Bertz CT molecular complexity index is 1240. The molecule has 178 valence electrons. The number of carbonyl (C=O) groups is 2. The molecule has 0 spiro atoms. The van der Waals surface area contributed by atoms with Gasteiger partial charge in [0.05, 0.1) is 17.3 Å². The number of hydrogen-bond acceptors (Lipinski definition) is 6. The average Bonchev–Trinajstić information content (AvgIpc) is 3.32. The Morgan fingerprint density at radius 1 is 1.15 bits per heavy atom. The maximum absolute atomic E-state index is 13.2. The topological polar surface area (TPSA) is 91.0 Å². The Labute approximate surface area is 199 Å². The number of Topliss-reactive ketones (excluding diaryl/α,β-unsaturated/α-hetero) is 1. The third kappa shape index (κ3) is 4.09. The van der Waals surface area contributed by atoms with Gasteiger partial charge >= 0.3 is 0 Å². The molecule has 8 nitrogen and oxygen atoms in total. The van der Waals surface area contributed by atoms with Crippen LogP contribution in [0.1, 0.15) is 48.8 Å². The van der Waals surface area contributed by atoms with E-state index in [1.807, 2.05) is 42.6 Å². The normalized spacial score (nSPS) is 17.9. The lowest BCUT2D eigenvalue weighted by Crippen LogP contribution is -2.33. The fraction of sp³-hybridized carbons (Fsp3) is 0.385. The molecule has 0 radical (unpaired) electrons. The van der Waals surface area contributed by atoms with Gasteiger partial charge in [0.15, 0.2) is 5.76 Å². The number of ketones is 1. The lowest BCUT2D eigenvalue weighted by Gasteiger charge is -2.26. The van der Waals surface area contributed by atoms with Gasteiger partial charge in [0.2, 0.25) is 0 Å². The smallest absolute Gasteiger partial charge is 0.295 e. The molecule has 1 aliphatic heterocycles. The SMILES string of the molecule is CCN(CC)CCCN1C(=O)C(=O)/C(=C(/O)c2nc3c(C)cccn3c2C)C1c1cccnc1. The van der Waals surface area contributed by atoms with Gasteiger partial charge in [-0.05, 0) is 63.2 Å². The van der Waals surface area contributed by atoms with Crippen molar-refractivity contribution in [3.05, 3.63) is 70.9 Å². The number of amides is 1. The molecule has 1 amide bonds. The molecule has 4 heterocycles. The molecule has 0 bridgehead atoms. The van der Waals surface area contributed by atoms with Crippen LogP contribution in [0.2, 0.25) is 0 Å². The van der Waals surface area contributed by atoms with Crippen molar-refractivity contribution >= 4 is 23.1 Å². The van der Waals surface area contributed by atoms with E-state index in [9.17, 15) is 14.7 Å². The molecule has 4 rings (SSSR count). The van der Waals surface area contributed by atoms with Crippen molar-refractivity contribution < 1.29 is 14.7 Å². The van der Waals surface area contributed by atoms with Gasteiger partial charge in [0.25, 0.3) is 11.7 Å². The standard InChI is InChI=1S/C26H31N5O3/c1-5-29(6-2)13-9-15-31-22(19-11-7-12-27-16-19)20(24(33)26(31)34)23(32)21-18(4)30-14-8-10-17(3)25(30)28-21/h7-8,10-12,14,16,22,32H,5-6,9,13,15H2,1-4H3/b23-20+. The van der Waals surface area contributed by atoms with Crippen LogP contribution in [0.4, 0.5) is 0 Å². The summed E-state index contributed by atoms with van der Waals surface area (Å²) >= 11 is 0. The minimum atomic E-state index is -0.712. The number of fused-ring (bicyclic) bond motifs is 1. The van der Waals surface area contributed by atoms with Crippen molar-refractivity contribution in [3.8, 4) is 0 Å². The molecule has 1 N–H and O–H groups in total. The first-order chi connectivity index (χ1) is 16.4. The molecule has 3 aromatic rings. The number of rotatable bonds is 8. The first kappa shape index (κ1) is 23.6. The number of aliphatic hydroxyl groups excluding tert-OH is 1. The van der Waals surface area contributed by atoms with Crippen LogP contribution in [0.3, 0.4) is 0 Å². The van der Waals surface area contributed by atoms with Gasteiger partial charge < -0.3 is 19.3 Å². The summed E-state index contributed by atoms with van der Waals surface area (Å²) in [4.78, 5) is 39.0. The monoisotopic (exact) mass is 461 g/mol. The van der Waals surface area contributed by atoms with Crippen LogP contribution in [0.25, 0.3) is 11.4 Å². The summed E-state index contributed by atoms with van der Waals surface area (Å²) < 4.78 is 1.88. The molecule has 1 saturated heterocycles. The summed E-state index contributed by atoms with van der Waals surface area (Å²) in [6.45, 7) is 11.1. The highest BCUT2D eigenvalue weighted by atomic mass is 16.3. The highest BCUT2D eigenvalue weighted by Gasteiger charge is 2.46. The molecule has 0 aliphatic carbocycles. The van der Waals surface area contributed by atoms with Crippen molar-refractivity contribution in [1.29, 1.82) is 0 Å². The van der Waals surface area contributed by atoms with Gasteiger partial charge in [-0.15, -0.1) is 0 Å². The van der Waals surface area contributed by atoms with Gasteiger partial charge in [0, 0.05) is 25.1 Å². The van der Waals surface area contributed by atoms with E-state index in [-0.39, 0.29) is 11.3 Å². The van der Waals surface area contributed by atoms with Crippen molar-refractivity contribution in [2.45, 2.75) is 40.2 Å². The molecule has 0 aromatic carbocycles. The summed E-state index contributed by atoms with van der Waals surface area (Å²) in [5.74, 6) is -1.55. The summed E-state index contributed by atoms with van der Waals surface area (Å²) in [6, 6.07) is 6.73. The number of likely N-dealkylation sites (tertiary alicyclic amines) is 1. The van der Waals surface area contributed by atoms with Gasteiger partial charge in [-0.2, -0.15) is 0 Å². The van der Waals surface area contributed by atoms with Crippen LogP contribution in [0, 0.1) is 13.8 Å². The van der Waals surface area contributed by atoms with Gasteiger partial charge in [-0.25, -0.2) is 4.98 Å². The quantitative estimate of drug-likeness (QED) is 0.314. The maximum Gasteiger partial charge on any atom is 0.295 e. The maximum atomic E-state index is 13.2. The number of aryl methyl sites for hydroxylation is 2. The number of imidazole rings is 1. The Hall–Kier alpha value is -3.52. The predicted molar refractivity (Wildman–Crippen MR) is 130 cm³/mol. The van der Waals surface area contributed by atoms with Gasteiger partial charge in [0.1, 0.15) is 11.3 Å². The zero-order valence-electron chi connectivity index (χ0n) is 20.2. The van der Waals surface area contributed by atoms with Crippen molar-refractivity contribution in [3.63, 3.8) is 0 Å². The van der Waals surface area contributed by atoms with Gasteiger partial charge in [-0.1, -0.05) is 26.0 Å². The summed E-state index contributed by atoms with van der Waals surface area (Å²) in [5, 5.41) is 11.4. The molecule has 0 saturated carbocycles. The minimum absolute atomic E-state index is 0.0602. The lowest BCUT2D eigenvalue weighted by molar-refractivity contribution is -0.140. The Morgan fingerprint density at radius 2 is 1.91 bits per heavy atom. The van der Waals surface area contributed by atoms with E-state index >= 15 is 0 Å². The number of aromatic nitrogens is 3. The number of hydrogen-bond donors (Lipinski definition) is 1. The van der Waals surface area contributed by atoms with Crippen molar-refractivity contribution in [2.75, 3.05) is 26.2 Å². The number of carbonyl (C=O) groups excluding carboxylic acids is 2. The predicted octanol–water partition coefficient (Wildman–Crippen LogP) is 3.50. The van der Waals surface area contributed by atoms with E-state index in [0.29, 0.717) is 29.1 Å². The molecule has 1 aliphatic rings. The third-order valence-corrected chi connectivity index (χ3v) is 6.62. The fourth-order valence-corrected chi connectivity index (χ4v) is 4.67. The van der Waals surface area contributed by atoms with E-state index in [4.69, 9.17) is 0 Å². The third-order valence-electron chi connectivity index (χ3n) is 6.62. The first-order valence-electron chi connectivity index (χ1n) is 11.7. The summed E-state index contributed by atoms with van der Waals surface area (Å²) in [6.07, 6.45) is 5.87. The summed E-state index contributed by atoms with van der Waals surface area (Å²) in [5.41, 5.74) is 3.41. The number of aliphatic hydroxyl groups is 1. The Morgan fingerprint density at radius 3 is 2.56 bits per heavy atom. The first-order valence-corrected chi connectivity index (χ1v) is 11.7. The van der Waals surface area contributed by atoms with Crippen LogP contribution in [-0.4, -0.2) is 67.1 Å². The van der Waals surface area contributed by atoms with E-state index in [2.05, 4.69) is 28.7 Å². The zero-order chi connectivity index (χ0) is 24.4. The van der Waals surface area contributed by atoms with Crippen LogP contribution < -0.4 is 0 Å². The van der Waals surface area contributed by atoms with Crippen LogP contribution in [-0.2, 0) is 9.59 Å². The molecule has 34 heavy (non-hydrogen) atoms. The van der Waals surface area contributed by atoms with E-state index < -0.39 is 17.7 Å². The fourth-order valence-electron chi connectivity index (χ4n) is 4.67. The largest absolute Gasteiger partial charge is 0.505 e. The average molecular weight is 462 g/mol. The minimum Gasteiger partial charge on any atom is -0.505 e. The molecule has 8 heteroatoms. The van der Waals surface area contributed by atoms with E-state index in [1.54, 1.807) is 23.4 Å². The van der Waals surface area contributed by atoms with E-state index in [1.165, 1.54) is 0 Å². The molecule has 3 aromatic heterocycles. The molecule has 1 unspecified atom stereocenters. The molecular formula is C26H31N5O3. The van der Waals surface area contributed by atoms with Crippen LogP contribution in [0.5, 0.6) is 0 Å². The molecular weight excluding hydrogens is 430 g/mol. The number of nitrogens with zero attached hydrogens (tertiary/aromatic N) is 5. The second kappa shape index (κ2) is 9.77. The van der Waals surface area contributed by atoms with Crippen LogP contribution >= 0.6 is 0 Å². The second-order valence-electron chi connectivity index (χ2n) is 8.59. The Kier molecular flexibility index (Phi) is 6.79. The summed E-state index contributed by atoms with van der Waals surface area (Å²) in [7, 11) is 0. The molecule has 1 atom stereocenters. The van der Waals surface area contributed by atoms with Crippen molar-refractivity contribution in [1.82, 2.24) is 24.2 Å². The van der Waals surface area contributed by atoms with Crippen molar-refractivity contribution in [2.24, 2.45) is 0 Å². The van der Waals surface area contributed by atoms with Crippen LogP contribution in [0.15, 0.2) is 48.4 Å². The lowest BCUT2D eigenvalue weighted by atomic mass is 9.97. The number of pyridine rings is 2. The highest BCUT2D eigenvalue weighted by Crippen LogP contribution is 2.39.